The van der Waals surface area contributed by atoms with Gasteiger partial charge >= 0.3 is 0 Å². The quantitative estimate of drug-likeness (QED) is 0.126. The smallest absolute Gasteiger partial charge is 0.295 e. The lowest BCUT2D eigenvalue weighted by Gasteiger charge is -2.13. The summed E-state index contributed by atoms with van der Waals surface area (Å²) < 4.78 is 11.1. The predicted octanol–water partition coefficient (Wildman–Crippen LogP) is 6.93. The number of hydrogen-bond acceptors (Lipinski definition) is 8. The first-order chi connectivity index (χ1) is 18.4. The van der Waals surface area contributed by atoms with Crippen molar-refractivity contribution in [2.24, 2.45) is 0 Å². The molecule has 1 amide bonds. The number of halogens is 1. The maximum atomic E-state index is 13.1. The van der Waals surface area contributed by atoms with Gasteiger partial charge in [-0.05, 0) is 50.2 Å². The van der Waals surface area contributed by atoms with Gasteiger partial charge in [0.15, 0.2) is 0 Å². The Kier molecular flexibility index (Phi) is 13.0. The van der Waals surface area contributed by atoms with Crippen LogP contribution in [-0.2, 0) is 0 Å². The van der Waals surface area contributed by atoms with Crippen molar-refractivity contribution >= 4 is 34.0 Å². The number of nitrogens with zero attached hydrogens (tertiary/aromatic N) is 4. The van der Waals surface area contributed by atoms with Crippen LogP contribution in [0.3, 0.4) is 0 Å². The number of aryl methyl sites for hydroxylation is 1. The summed E-state index contributed by atoms with van der Waals surface area (Å²) in [5.41, 5.74) is 3.60. The first kappa shape index (κ1) is 30.5. The van der Waals surface area contributed by atoms with Gasteiger partial charge in [-0.1, -0.05) is 54.3 Å². The number of amides is 1. The van der Waals surface area contributed by atoms with Crippen molar-refractivity contribution < 1.29 is 14.3 Å². The summed E-state index contributed by atoms with van der Waals surface area (Å²) in [5.74, 6) is 2.53. The van der Waals surface area contributed by atoms with E-state index < -0.39 is 0 Å². The van der Waals surface area contributed by atoms with Gasteiger partial charge < -0.3 is 9.47 Å². The maximum Gasteiger partial charge on any atom is 0.295 e. The van der Waals surface area contributed by atoms with Gasteiger partial charge in [0.1, 0.15) is 10.9 Å². The van der Waals surface area contributed by atoms with E-state index in [2.05, 4.69) is 56.6 Å². The Bertz CT molecular complexity index is 1310. The topological polar surface area (TPSA) is 99.1 Å². The molecule has 0 spiro atoms. The van der Waals surface area contributed by atoms with Crippen molar-refractivity contribution in [2.75, 3.05) is 19.0 Å². The molecular formula is C28H32ClN5O3S. The number of rotatable bonds is 10. The fraction of sp³-hybridized carbons (Fsp3) is 0.321. The van der Waals surface area contributed by atoms with Crippen LogP contribution in [0.5, 0.6) is 10.9 Å². The molecule has 3 aromatic rings. The molecule has 0 saturated heterocycles. The Labute approximate surface area is 233 Å². The zero-order valence-electron chi connectivity index (χ0n) is 22.2. The van der Waals surface area contributed by atoms with Crippen molar-refractivity contribution in [3.8, 4) is 34.4 Å². The van der Waals surface area contributed by atoms with Gasteiger partial charge in [-0.3, -0.25) is 15.1 Å². The van der Waals surface area contributed by atoms with E-state index >= 15 is 0 Å². The van der Waals surface area contributed by atoms with E-state index in [1.807, 2.05) is 20.8 Å². The highest BCUT2D eigenvalue weighted by molar-refractivity contribution is 7.17. The lowest BCUT2D eigenvalue weighted by Crippen LogP contribution is -2.14. The number of nitrogens with one attached hydrogen (secondary N) is 1. The number of ether oxygens (including phenoxy) is 2. The summed E-state index contributed by atoms with van der Waals surface area (Å²) in [6, 6.07) is 3.44. The van der Waals surface area contributed by atoms with Crippen LogP contribution in [0.15, 0.2) is 48.3 Å². The average Bonchev–Trinajstić information content (AvgIpc) is 3.37. The predicted molar refractivity (Wildman–Crippen MR) is 154 cm³/mol. The Morgan fingerprint density at radius 1 is 1.21 bits per heavy atom. The van der Waals surface area contributed by atoms with Crippen LogP contribution >= 0.6 is 22.9 Å². The Morgan fingerprint density at radius 3 is 2.63 bits per heavy atom. The number of pyridine rings is 2. The van der Waals surface area contributed by atoms with E-state index in [9.17, 15) is 4.79 Å². The van der Waals surface area contributed by atoms with Crippen LogP contribution in [-0.4, -0.2) is 39.8 Å². The van der Waals surface area contributed by atoms with Crippen LogP contribution in [0.2, 0.25) is 5.15 Å². The number of carbonyl (C=O) groups is 1. The van der Waals surface area contributed by atoms with Gasteiger partial charge in [0.2, 0.25) is 5.13 Å². The van der Waals surface area contributed by atoms with E-state index in [0.29, 0.717) is 39.4 Å². The van der Waals surface area contributed by atoms with E-state index in [1.165, 1.54) is 25.1 Å². The highest BCUT2D eigenvalue weighted by Gasteiger charge is 2.19. The first-order valence-electron chi connectivity index (χ1n) is 12.1. The van der Waals surface area contributed by atoms with E-state index in [1.54, 1.807) is 12.1 Å². The molecule has 8 nitrogen and oxygen atoms in total. The van der Waals surface area contributed by atoms with Crippen LogP contribution in [0.1, 0.15) is 56.1 Å². The van der Waals surface area contributed by atoms with Gasteiger partial charge in [-0.2, -0.15) is 0 Å². The summed E-state index contributed by atoms with van der Waals surface area (Å²) in [7, 11) is 1.53. The number of allylic oxidation sites excluding steroid dienone is 3. The second-order valence-electron chi connectivity index (χ2n) is 7.72. The van der Waals surface area contributed by atoms with E-state index in [0.717, 1.165) is 36.3 Å². The monoisotopic (exact) mass is 553 g/mol. The Balaban J connectivity index is 0.00000118. The number of terminal acetylenes is 1. The van der Waals surface area contributed by atoms with E-state index in [-0.39, 0.29) is 11.1 Å². The fourth-order valence-electron chi connectivity index (χ4n) is 3.10. The van der Waals surface area contributed by atoms with Crippen molar-refractivity contribution in [3.63, 3.8) is 0 Å². The molecule has 3 rings (SSSR count). The largest absolute Gasteiger partial charge is 0.494 e. The van der Waals surface area contributed by atoms with E-state index in [4.69, 9.17) is 27.5 Å². The molecule has 0 saturated carbocycles. The third-order valence-electron chi connectivity index (χ3n) is 5.08. The zero-order chi connectivity index (χ0) is 27.9. The molecule has 0 aliphatic carbocycles. The standard InChI is InChI=1S/C24H26ClN5O3S.C4H6/c1-5-16(6-2)9-7-8-10-33-24-30-29-23(34-24)28-22(31)19-13-26-15(3)11-17(19)18-12-21(25)27-14-20(18)32-4;1-3-4-2/h5,7,9,11-14H,6,8,10H2,1-4H3,(H,28,29,31);1H,4H2,2H3/b9-7-,16-5-;. The van der Waals surface area contributed by atoms with Crippen molar-refractivity contribution in [2.45, 2.75) is 47.0 Å². The molecule has 3 heterocycles. The molecule has 3 aromatic heterocycles. The average molecular weight is 554 g/mol. The van der Waals surface area contributed by atoms with Gasteiger partial charge in [0.25, 0.3) is 11.1 Å². The van der Waals surface area contributed by atoms with Crippen LogP contribution in [0.25, 0.3) is 11.1 Å². The van der Waals surface area contributed by atoms with Gasteiger partial charge in [0, 0.05) is 29.4 Å². The van der Waals surface area contributed by atoms with Gasteiger partial charge in [0.05, 0.1) is 25.5 Å². The second kappa shape index (κ2) is 16.2. The minimum absolute atomic E-state index is 0.286. The molecular weight excluding hydrogens is 522 g/mol. The fourth-order valence-corrected chi connectivity index (χ4v) is 3.88. The van der Waals surface area contributed by atoms with Crippen molar-refractivity contribution in [3.05, 3.63) is 64.7 Å². The summed E-state index contributed by atoms with van der Waals surface area (Å²) in [6.07, 6.45) is 16.6. The lowest BCUT2D eigenvalue weighted by atomic mass is 10.0. The summed E-state index contributed by atoms with van der Waals surface area (Å²) in [4.78, 5) is 21.4. The summed E-state index contributed by atoms with van der Waals surface area (Å²) in [5, 5.41) is 11.8. The Hall–Kier alpha value is -3.74. The molecule has 1 N–H and O–H groups in total. The molecule has 0 aliphatic heterocycles. The molecule has 0 atom stereocenters. The number of carbonyl (C=O) groups excluding carboxylic acids is 1. The minimum atomic E-state index is -0.387. The van der Waals surface area contributed by atoms with Gasteiger partial charge in [-0.15, -0.1) is 17.4 Å². The SMILES string of the molecule is C#CCC.C/C=C(\C=C/CCOc1nnc(NC(=O)c2cnc(C)cc2-c2cc(Cl)ncc2OC)s1)CC. The third-order valence-corrected chi connectivity index (χ3v) is 6.04. The zero-order valence-corrected chi connectivity index (χ0v) is 23.8. The number of anilines is 1. The van der Waals surface area contributed by atoms with Crippen LogP contribution in [0, 0.1) is 19.3 Å². The second-order valence-corrected chi connectivity index (χ2v) is 9.05. The molecule has 0 aromatic carbocycles. The molecule has 0 radical (unpaired) electrons. The normalized spacial score (nSPS) is 10.9. The molecule has 0 aliphatic rings. The van der Waals surface area contributed by atoms with Crippen molar-refractivity contribution in [1.29, 1.82) is 0 Å². The van der Waals surface area contributed by atoms with Gasteiger partial charge in [-0.25, -0.2) is 4.98 Å². The minimum Gasteiger partial charge on any atom is -0.494 e. The molecule has 38 heavy (non-hydrogen) atoms. The number of methoxy groups -OCH3 is 1. The number of aromatic nitrogens is 4. The number of hydrogen-bond donors (Lipinski definition) is 1. The Morgan fingerprint density at radius 2 is 1.97 bits per heavy atom. The molecule has 200 valence electrons. The molecule has 10 heteroatoms. The highest BCUT2D eigenvalue weighted by Crippen LogP contribution is 2.34. The maximum absolute atomic E-state index is 13.1. The summed E-state index contributed by atoms with van der Waals surface area (Å²) in [6.45, 7) is 8.39. The summed E-state index contributed by atoms with van der Waals surface area (Å²) >= 11 is 7.26. The third kappa shape index (κ3) is 9.29. The first-order valence-corrected chi connectivity index (χ1v) is 13.3. The van der Waals surface area contributed by atoms with Crippen LogP contribution in [0.4, 0.5) is 5.13 Å². The molecule has 0 fully saturated rings. The van der Waals surface area contributed by atoms with Crippen LogP contribution < -0.4 is 14.8 Å². The molecule has 0 bridgehead atoms. The highest BCUT2D eigenvalue weighted by atomic mass is 35.5. The molecule has 0 unspecified atom stereocenters. The lowest BCUT2D eigenvalue weighted by molar-refractivity contribution is 0.102. The van der Waals surface area contributed by atoms with Crippen molar-refractivity contribution in [1.82, 2.24) is 20.2 Å².